The summed E-state index contributed by atoms with van der Waals surface area (Å²) in [6.07, 6.45) is 4.77. The second kappa shape index (κ2) is 30.1. The van der Waals surface area contributed by atoms with E-state index >= 15 is 4.39 Å². The lowest BCUT2D eigenvalue weighted by molar-refractivity contribution is -0.124. The van der Waals surface area contributed by atoms with Gasteiger partial charge in [0.2, 0.25) is 5.91 Å². The molecular weight excluding hydrogens is 1120 g/mol. The fourth-order valence-electron chi connectivity index (χ4n) is 7.65. The number of hydrogen-bond acceptors (Lipinski definition) is 18. The van der Waals surface area contributed by atoms with Gasteiger partial charge >= 0.3 is 24.2 Å². The van der Waals surface area contributed by atoms with E-state index in [-0.39, 0.29) is 69.5 Å². The van der Waals surface area contributed by atoms with Gasteiger partial charge in [-0.3, -0.25) is 14.9 Å². The number of terminal acetylenes is 1. The number of aromatic carboxylic acids is 1. The van der Waals surface area contributed by atoms with Crippen LogP contribution in [0.15, 0.2) is 78.0 Å². The number of allylic oxidation sites excluding steroid dienone is 1. The number of benzene rings is 3. The Morgan fingerprint density at radius 1 is 0.940 bits per heavy atom. The van der Waals surface area contributed by atoms with Crippen LogP contribution in [0.2, 0.25) is 0 Å². The number of carboxylic acids is 1. The summed E-state index contributed by atoms with van der Waals surface area (Å²) in [7, 11) is 3.20. The number of nitrogens with zero attached hydrogens (tertiary/aromatic N) is 6. The molecule has 6 aromatic rings. The van der Waals surface area contributed by atoms with Crippen molar-refractivity contribution >= 4 is 96.5 Å². The number of carbonyl (C=O) groups excluding carboxylic acids is 5. The molecule has 0 saturated carbocycles. The number of rotatable bonds is 25. The number of primary amides is 1. The molecule has 23 nitrogen and oxygen atoms in total. The largest absolute Gasteiger partial charge is 0.491 e. The second-order valence-corrected chi connectivity index (χ2v) is 22.0. The highest BCUT2D eigenvalue weighted by molar-refractivity contribution is 7.22. The molecule has 8 N–H and O–H groups in total. The molecule has 0 bridgehead atoms. The maximum atomic E-state index is 15.2. The fourth-order valence-corrected chi connectivity index (χ4v) is 9.58. The lowest BCUT2D eigenvalue weighted by Gasteiger charge is -2.23. The van der Waals surface area contributed by atoms with Gasteiger partial charge in [0.1, 0.15) is 30.6 Å². The third-order valence-electron chi connectivity index (χ3n) is 11.8. The van der Waals surface area contributed by atoms with Gasteiger partial charge in [-0.15, -0.1) is 28.0 Å². The number of anilines is 5. The Balaban J connectivity index is 0.997. The molecule has 3 aromatic carbocycles. The van der Waals surface area contributed by atoms with Gasteiger partial charge in [0.25, 0.3) is 5.91 Å². The zero-order valence-electron chi connectivity index (χ0n) is 47.6. The summed E-state index contributed by atoms with van der Waals surface area (Å²) in [4.78, 5) is 88.9. The molecule has 0 unspecified atom stereocenters. The summed E-state index contributed by atoms with van der Waals surface area (Å²) in [6, 6.07) is 16.7. The summed E-state index contributed by atoms with van der Waals surface area (Å²) in [5.74, 6) is 5.78. The predicted molar refractivity (Wildman–Crippen MR) is 317 cm³/mol. The first-order valence-electron chi connectivity index (χ1n) is 26.2. The maximum absolute atomic E-state index is 15.2. The number of nitrogens with two attached hydrogens (primary N) is 1. The zero-order valence-corrected chi connectivity index (χ0v) is 49.2. The van der Waals surface area contributed by atoms with E-state index in [1.165, 1.54) is 46.8 Å². The summed E-state index contributed by atoms with van der Waals surface area (Å²) in [5.41, 5.74) is 7.89. The molecule has 6 amide bonds. The molecule has 0 radical (unpaired) electrons. The van der Waals surface area contributed by atoms with Gasteiger partial charge in [-0.1, -0.05) is 47.3 Å². The minimum atomic E-state index is -1.19. The molecule has 0 fully saturated rings. The average Bonchev–Trinajstić information content (AvgIpc) is 4.22. The quantitative estimate of drug-likeness (QED) is 0.0160. The topological polar surface area (TPSA) is 304 Å². The molecule has 84 heavy (non-hydrogen) atoms. The van der Waals surface area contributed by atoms with Crippen LogP contribution in [0.5, 0.6) is 5.75 Å². The van der Waals surface area contributed by atoms with Crippen LogP contribution in [0.25, 0.3) is 10.2 Å². The van der Waals surface area contributed by atoms with E-state index in [0.29, 0.717) is 67.6 Å². The summed E-state index contributed by atoms with van der Waals surface area (Å²) in [6.45, 7) is 9.91. The van der Waals surface area contributed by atoms with Crippen LogP contribution in [0.1, 0.15) is 91.5 Å². The van der Waals surface area contributed by atoms with Crippen molar-refractivity contribution in [3.8, 4) is 29.9 Å². The van der Waals surface area contributed by atoms with Crippen molar-refractivity contribution in [2.45, 2.75) is 92.1 Å². The number of aromatic nitrogens is 4. The number of urea groups is 1. The van der Waals surface area contributed by atoms with Crippen molar-refractivity contribution in [2.24, 2.45) is 5.73 Å². The van der Waals surface area contributed by atoms with Gasteiger partial charge < -0.3 is 60.9 Å². The monoisotopic (exact) mass is 1190 g/mol. The molecule has 0 spiro atoms. The number of hydrogen-bond donors (Lipinski definition) is 7. The van der Waals surface area contributed by atoms with Crippen LogP contribution in [0, 0.1) is 36.9 Å². The van der Waals surface area contributed by atoms with E-state index in [0.717, 1.165) is 15.8 Å². The van der Waals surface area contributed by atoms with Crippen molar-refractivity contribution in [1.29, 1.82) is 0 Å². The van der Waals surface area contributed by atoms with E-state index in [4.69, 9.17) is 31.1 Å². The van der Waals surface area contributed by atoms with Gasteiger partial charge in [0, 0.05) is 36.8 Å². The number of ether oxygens (including phenoxy) is 4. The summed E-state index contributed by atoms with van der Waals surface area (Å²) >= 11 is 2.69. The van der Waals surface area contributed by atoms with Crippen LogP contribution in [0.4, 0.5) is 46.4 Å². The lowest BCUT2D eigenvalue weighted by Crippen LogP contribution is -2.47. The first-order valence-corrected chi connectivity index (χ1v) is 27.8. The molecule has 0 aliphatic heterocycles. The first-order chi connectivity index (χ1) is 40.0. The molecule has 3 aromatic heterocycles. The molecule has 0 saturated heterocycles. The zero-order chi connectivity index (χ0) is 61.1. The maximum Gasteiger partial charge on any atom is 0.412 e. The van der Waals surface area contributed by atoms with Crippen molar-refractivity contribution < 1.29 is 57.2 Å². The standard InChI is InChI=1S/C58H65FN12O11S2/c1-10-27-79-32-38-31-39(62-50(72)42(18-13-25-61-53(60)76)63-51(73)47(34(2)3)66-56(77)82-58(5,6)7)23-22-37(38)33-81-57(78)70(8)26-14-16-36-21-24-43(40(59)30-36)80-28-15-20-45-48(52(74)75)65-55(84-45)71(9)46-29-35(4)49(69-68-46)67-54-64-41-17-11-12-19-44(41)83-54/h1,11-12,17,19,21-24,29-31,42H,13,15,18,20,25-28,32-33H2,2-9H3,(H,62,72)(H,63,73)(H,66,77)(H,74,75)(H3,60,61,76)(H,64,67,69)/t42-/m0/s1. The first kappa shape index (κ1) is 63.8. The van der Waals surface area contributed by atoms with Gasteiger partial charge in [0.15, 0.2) is 39.2 Å². The molecular formula is C58H65FN12O11S2. The van der Waals surface area contributed by atoms with Crippen LogP contribution >= 0.6 is 22.7 Å². The second-order valence-electron chi connectivity index (χ2n) is 19.9. The van der Waals surface area contributed by atoms with E-state index < -0.39 is 53.5 Å². The Morgan fingerprint density at radius 2 is 1.71 bits per heavy atom. The molecule has 26 heteroatoms. The highest BCUT2D eigenvalue weighted by atomic mass is 32.1. The van der Waals surface area contributed by atoms with Crippen LogP contribution in [-0.4, -0.2) is 118 Å². The Bertz CT molecular complexity index is 3490. The minimum absolute atomic E-state index is 0.0251. The van der Waals surface area contributed by atoms with E-state index in [9.17, 15) is 33.9 Å². The lowest BCUT2D eigenvalue weighted by atomic mass is 10.1. The van der Waals surface area contributed by atoms with E-state index in [2.05, 4.69) is 64.5 Å². The van der Waals surface area contributed by atoms with Crippen molar-refractivity contribution in [2.75, 3.05) is 55.9 Å². The number of para-hydroxylation sites is 1. The number of fused-ring (bicyclic) bond motifs is 1. The summed E-state index contributed by atoms with van der Waals surface area (Å²) < 4.78 is 38.5. The smallest absolute Gasteiger partial charge is 0.412 e. The Hall–Kier alpha value is -9.37. The van der Waals surface area contributed by atoms with Crippen molar-refractivity contribution in [3.05, 3.63) is 117 Å². The minimum Gasteiger partial charge on any atom is -0.491 e. The van der Waals surface area contributed by atoms with E-state index in [1.54, 1.807) is 70.8 Å². The number of carbonyl (C=O) groups is 6. The molecule has 6 rings (SSSR count). The third kappa shape index (κ3) is 19.1. The molecule has 0 aliphatic carbocycles. The highest BCUT2D eigenvalue weighted by Gasteiger charge is 2.27. The normalized spacial score (nSPS) is 11.2. The predicted octanol–water partition coefficient (Wildman–Crippen LogP) is 8.67. The van der Waals surface area contributed by atoms with Crippen LogP contribution < -0.4 is 42.0 Å². The Kier molecular flexibility index (Phi) is 22.9. The van der Waals surface area contributed by atoms with Gasteiger partial charge in [0.05, 0.1) is 30.0 Å². The number of alkyl carbamates (subject to hydrolysis) is 1. The van der Waals surface area contributed by atoms with E-state index in [1.807, 2.05) is 37.3 Å². The molecule has 3 heterocycles. The van der Waals surface area contributed by atoms with Gasteiger partial charge in [-0.05, 0) is 138 Å². The number of carboxylic acid groups (broad SMARTS) is 1. The molecule has 1 atom stereocenters. The molecule has 0 aliphatic rings. The van der Waals surface area contributed by atoms with Crippen LogP contribution in [0.3, 0.4) is 0 Å². The molecule has 442 valence electrons. The highest BCUT2D eigenvalue weighted by Crippen LogP contribution is 2.33. The van der Waals surface area contributed by atoms with Crippen molar-refractivity contribution in [1.82, 2.24) is 41.0 Å². The number of amides is 6. The SMILES string of the molecule is C#CCOCc1cc(NC(=O)[C@H](CCCNC(N)=O)NC(=O)C(NC(=O)OC(C)(C)C)=C(C)C)ccc1COC(=O)N(C)CC#Cc1ccc(OCCCc2sc(N(C)c3cc(C)c(Nc4nc5ccccc5s4)nn3)nc2C(=O)O)c(F)c1. The third-order valence-corrected chi connectivity index (χ3v) is 14.0. The number of halogens is 1. The number of thiazole rings is 2. The average molecular weight is 1190 g/mol. The summed E-state index contributed by atoms with van der Waals surface area (Å²) in [5, 5.41) is 33.3. The fraction of sp³-hybridized carbons (Fsp3) is 0.345. The van der Waals surface area contributed by atoms with Crippen molar-refractivity contribution in [3.63, 3.8) is 0 Å². The van der Waals surface area contributed by atoms with Gasteiger partial charge in [-0.2, -0.15) is 0 Å². The van der Waals surface area contributed by atoms with Crippen LogP contribution in [-0.2, 0) is 43.4 Å². The Labute approximate surface area is 492 Å². The number of aryl methyl sites for hydroxylation is 2. The van der Waals surface area contributed by atoms with Gasteiger partial charge in [-0.25, -0.2) is 33.5 Å². The number of nitrogens with one attached hydrogen (secondary N) is 5. The Morgan fingerprint density at radius 3 is 2.40 bits per heavy atom.